The van der Waals surface area contributed by atoms with Crippen molar-refractivity contribution in [1.29, 1.82) is 0 Å². The fourth-order valence-corrected chi connectivity index (χ4v) is 4.24. The first-order valence-electron chi connectivity index (χ1n) is 10.9. The van der Waals surface area contributed by atoms with Crippen LogP contribution in [0.15, 0.2) is 67.0 Å². The van der Waals surface area contributed by atoms with Crippen LogP contribution in [0.3, 0.4) is 0 Å². The van der Waals surface area contributed by atoms with Gasteiger partial charge in [0, 0.05) is 49.7 Å². The number of nitrogens with two attached hydrogens (primary N) is 1. The van der Waals surface area contributed by atoms with E-state index in [1.54, 1.807) is 12.1 Å². The summed E-state index contributed by atoms with van der Waals surface area (Å²) in [5, 5.41) is 3.40. The highest BCUT2D eigenvalue weighted by molar-refractivity contribution is 6.42. The molecule has 0 aliphatic carbocycles. The Hall–Kier alpha value is -3.46. The fourth-order valence-electron chi connectivity index (χ4n) is 3.94. The van der Waals surface area contributed by atoms with Gasteiger partial charge in [0.15, 0.2) is 6.17 Å². The molecule has 35 heavy (non-hydrogen) atoms. The summed E-state index contributed by atoms with van der Waals surface area (Å²) in [5.41, 5.74) is 8.14. The van der Waals surface area contributed by atoms with E-state index in [2.05, 4.69) is 10.3 Å². The van der Waals surface area contributed by atoms with E-state index in [1.165, 1.54) is 40.4 Å². The number of benzene rings is 2. The molecule has 1 saturated heterocycles. The Morgan fingerprint density at radius 3 is 2.20 bits per heavy atom. The third kappa shape index (κ3) is 5.45. The molecular formula is C25H23Cl2N5O3. The van der Waals surface area contributed by atoms with Gasteiger partial charge in [-0.2, -0.15) is 0 Å². The molecule has 2 aromatic carbocycles. The van der Waals surface area contributed by atoms with Gasteiger partial charge in [0.05, 0.1) is 10.0 Å². The van der Waals surface area contributed by atoms with Gasteiger partial charge in [0.1, 0.15) is 0 Å². The molecule has 0 bridgehead atoms. The molecule has 0 saturated carbocycles. The molecule has 3 N–H and O–H groups in total. The van der Waals surface area contributed by atoms with Gasteiger partial charge in [0.25, 0.3) is 17.7 Å². The summed E-state index contributed by atoms with van der Waals surface area (Å²) in [7, 11) is 0. The van der Waals surface area contributed by atoms with E-state index >= 15 is 0 Å². The maximum Gasteiger partial charge on any atom is 0.264 e. The van der Waals surface area contributed by atoms with Gasteiger partial charge in [-0.3, -0.25) is 19.4 Å². The maximum absolute atomic E-state index is 13.4. The topological polar surface area (TPSA) is 109 Å². The lowest BCUT2D eigenvalue weighted by Crippen LogP contribution is -2.53. The number of hydrogen-bond acceptors (Lipinski definition) is 5. The zero-order valence-electron chi connectivity index (χ0n) is 18.7. The number of amides is 3. The molecule has 1 aliphatic heterocycles. The Kier molecular flexibility index (Phi) is 7.65. The summed E-state index contributed by atoms with van der Waals surface area (Å²) in [5.74, 6) is -1.28. The summed E-state index contributed by atoms with van der Waals surface area (Å²) < 4.78 is 0. The van der Waals surface area contributed by atoms with Crippen LogP contribution < -0.4 is 11.1 Å². The maximum atomic E-state index is 13.4. The number of nitrogens with one attached hydrogen (secondary N) is 1. The first kappa shape index (κ1) is 24.7. The van der Waals surface area contributed by atoms with E-state index in [4.69, 9.17) is 28.9 Å². The van der Waals surface area contributed by atoms with Crippen molar-refractivity contribution in [3.63, 3.8) is 0 Å². The molecule has 180 valence electrons. The van der Waals surface area contributed by atoms with Crippen LogP contribution in [-0.4, -0.2) is 51.8 Å². The van der Waals surface area contributed by atoms with Gasteiger partial charge in [-0.05, 0) is 41.5 Å². The lowest BCUT2D eigenvalue weighted by atomic mass is 10.1. The van der Waals surface area contributed by atoms with Crippen molar-refractivity contribution in [2.24, 2.45) is 5.73 Å². The van der Waals surface area contributed by atoms with Crippen LogP contribution >= 0.6 is 23.2 Å². The van der Waals surface area contributed by atoms with E-state index in [9.17, 15) is 14.4 Å². The average molecular weight is 512 g/mol. The summed E-state index contributed by atoms with van der Waals surface area (Å²) in [6, 6.07) is 15.2. The minimum atomic E-state index is -1.14. The van der Waals surface area contributed by atoms with Gasteiger partial charge in [-0.1, -0.05) is 47.5 Å². The van der Waals surface area contributed by atoms with Crippen molar-refractivity contribution in [3.05, 3.63) is 99.3 Å². The highest BCUT2D eigenvalue weighted by Gasteiger charge is 2.43. The van der Waals surface area contributed by atoms with Gasteiger partial charge in [0.2, 0.25) is 0 Å². The van der Waals surface area contributed by atoms with Gasteiger partial charge < -0.3 is 20.9 Å². The normalized spacial score (nSPS) is 15.2. The molecule has 1 fully saturated rings. The Balaban J connectivity index is 1.61. The molecule has 1 unspecified atom stereocenters. The van der Waals surface area contributed by atoms with E-state index < -0.39 is 18.0 Å². The zero-order valence-corrected chi connectivity index (χ0v) is 20.2. The number of carbonyl (C=O) groups excluding carboxylic acids is 3. The Morgan fingerprint density at radius 1 is 0.886 bits per heavy atom. The summed E-state index contributed by atoms with van der Waals surface area (Å²) in [6.45, 7) is 0.964. The molecule has 1 aromatic heterocycles. The number of nitrogens with zero attached hydrogens (tertiary/aromatic N) is 3. The molecule has 1 atom stereocenters. The quantitative estimate of drug-likeness (QED) is 0.528. The molecule has 3 aromatic rings. The minimum absolute atomic E-state index is 0.177. The van der Waals surface area contributed by atoms with E-state index in [0.29, 0.717) is 17.1 Å². The second-order valence-electron chi connectivity index (χ2n) is 7.98. The number of rotatable bonds is 6. The smallest absolute Gasteiger partial charge is 0.264 e. The van der Waals surface area contributed by atoms with Crippen molar-refractivity contribution in [2.75, 3.05) is 13.1 Å². The number of hydrogen-bond donors (Lipinski definition) is 2. The average Bonchev–Trinajstić information content (AvgIpc) is 3.34. The molecule has 4 rings (SSSR count). The lowest BCUT2D eigenvalue weighted by Gasteiger charge is -2.29. The van der Waals surface area contributed by atoms with Gasteiger partial charge in [-0.15, -0.1) is 0 Å². The molecule has 0 radical (unpaired) electrons. The molecular weight excluding hydrogens is 489 g/mol. The number of pyridine rings is 1. The predicted octanol–water partition coefficient (Wildman–Crippen LogP) is 3.09. The molecule has 3 amide bonds. The van der Waals surface area contributed by atoms with Crippen LogP contribution in [0.4, 0.5) is 0 Å². The summed E-state index contributed by atoms with van der Waals surface area (Å²) in [6.07, 6.45) is 1.86. The molecule has 2 heterocycles. The van der Waals surface area contributed by atoms with E-state index in [0.717, 1.165) is 11.1 Å². The van der Waals surface area contributed by atoms with Crippen LogP contribution in [0.2, 0.25) is 10.0 Å². The third-order valence-electron chi connectivity index (χ3n) is 5.72. The second-order valence-corrected chi connectivity index (χ2v) is 8.79. The van der Waals surface area contributed by atoms with Crippen LogP contribution in [0.25, 0.3) is 0 Å². The third-order valence-corrected chi connectivity index (χ3v) is 6.46. The van der Waals surface area contributed by atoms with Crippen molar-refractivity contribution in [1.82, 2.24) is 20.1 Å². The van der Waals surface area contributed by atoms with Gasteiger partial charge in [-0.25, -0.2) is 0 Å². The Bertz CT molecular complexity index is 1250. The highest BCUT2D eigenvalue weighted by atomic mass is 35.5. The first-order chi connectivity index (χ1) is 16.9. The van der Waals surface area contributed by atoms with Crippen molar-refractivity contribution in [2.45, 2.75) is 19.3 Å². The summed E-state index contributed by atoms with van der Waals surface area (Å²) in [4.78, 5) is 46.7. The SMILES string of the molecule is NCc1cccc(CNC(=O)C2N(C(=O)c3ccncc3)CCN2C(=O)c2ccc(Cl)c(Cl)c2)c1. The molecule has 8 nitrogen and oxygen atoms in total. The monoisotopic (exact) mass is 511 g/mol. The zero-order chi connectivity index (χ0) is 24.9. The first-order valence-corrected chi connectivity index (χ1v) is 11.7. The molecule has 10 heteroatoms. The van der Waals surface area contributed by atoms with Crippen molar-refractivity contribution >= 4 is 40.9 Å². The standard InChI is InChI=1S/C25H23Cl2N5O3/c26-20-5-4-19(13-21(20)27)25(35)32-11-10-31(24(34)18-6-8-29-9-7-18)23(32)22(33)30-15-17-3-1-2-16(12-17)14-28/h1-9,12-13,23H,10-11,14-15,28H2,(H,30,33). The van der Waals surface area contributed by atoms with Crippen LogP contribution in [0, 0.1) is 0 Å². The van der Waals surface area contributed by atoms with E-state index in [-0.39, 0.29) is 36.1 Å². The largest absolute Gasteiger partial charge is 0.349 e. The van der Waals surface area contributed by atoms with E-state index in [1.807, 2.05) is 24.3 Å². The molecule has 0 spiro atoms. The number of halogens is 2. The second kappa shape index (κ2) is 10.9. The highest BCUT2D eigenvalue weighted by Crippen LogP contribution is 2.26. The Labute approximate surface area is 212 Å². The van der Waals surface area contributed by atoms with Crippen molar-refractivity contribution in [3.8, 4) is 0 Å². The summed E-state index contributed by atoms with van der Waals surface area (Å²) >= 11 is 12.1. The molecule has 1 aliphatic rings. The minimum Gasteiger partial charge on any atom is -0.349 e. The van der Waals surface area contributed by atoms with Crippen LogP contribution in [0.5, 0.6) is 0 Å². The predicted molar refractivity (Wildman–Crippen MR) is 133 cm³/mol. The number of aromatic nitrogens is 1. The van der Waals surface area contributed by atoms with Crippen LogP contribution in [-0.2, 0) is 17.9 Å². The number of carbonyl (C=O) groups is 3. The lowest BCUT2D eigenvalue weighted by molar-refractivity contribution is -0.128. The van der Waals surface area contributed by atoms with Gasteiger partial charge >= 0.3 is 0 Å². The fraction of sp³-hybridized carbons (Fsp3) is 0.200. The van der Waals surface area contributed by atoms with Crippen LogP contribution in [0.1, 0.15) is 31.8 Å². The van der Waals surface area contributed by atoms with Crippen molar-refractivity contribution < 1.29 is 14.4 Å². The Morgan fingerprint density at radius 2 is 1.54 bits per heavy atom.